The molecule has 0 radical (unpaired) electrons. The first-order chi connectivity index (χ1) is 8.40. The average Bonchev–Trinajstić information content (AvgIpc) is 2.31. The van der Waals surface area contributed by atoms with Gasteiger partial charge in [0.05, 0.1) is 0 Å². The molecular weight excluding hydrogens is 462 g/mol. The molecule has 1 aromatic carbocycles. The third kappa shape index (κ3) is 5.09. The molecule has 98 valence electrons. The number of carbonyl (C=O) groups is 2. The molecule has 2 unspecified atom stereocenters. The van der Waals surface area contributed by atoms with E-state index >= 15 is 0 Å². The number of esters is 1. The number of carboxylic acid groups (broad SMARTS) is 1. The molecule has 0 aliphatic heterocycles. The van der Waals surface area contributed by atoms with Gasteiger partial charge in [0, 0.05) is 0 Å². The second kappa shape index (κ2) is 7.27. The molecule has 0 fully saturated rings. The summed E-state index contributed by atoms with van der Waals surface area (Å²) in [5.74, 6) is -0.641. The first-order valence-electron chi connectivity index (χ1n) is 5.21. The number of hydrogen-bond acceptors (Lipinski definition) is 3. The first kappa shape index (κ1) is 15.7. The summed E-state index contributed by atoms with van der Waals surface area (Å²) in [6, 6.07) is 6.90. The Hall–Kier alpha value is -0.380. The van der Waals surface area contributed by atoms with E-state index < -0.39 is 9.89 Å². The van der Waals surface area contributed by atoms with Crippen LogP contribution in [0.2, 0.25) is 0 Å². The number of carboxylic acids is 1. The summed E-state index contributed by atoms with van der Waals surface area (Å²) in [6.07, 6.45) is 0.451. The number of ether oxygens (including phenoxy) is 1. The Bertz CT molecular complexity index is 428. The summed E-state index contributed by atoms with van der Waals surface area (Å²) in [6.45, 7) is 1.75. The largest absolute Gasteiger partial charge is 0.480 e. The second-order valence-electron chi connectivity index (χ2n) is 3.69. The zero-order valence-corrected chi connectivity index (χ0v) is 13.9. The van der Waals surface area contributed by atoms with Gasteiger partial charge in [0.2, 0.25) is 0 Å². The molecule has 0 amide bonds. The van der Waals surface area contributed by atoms with Gasteiger partial charge in [-0.05, 0) is 31.0 Å². The van der Waals surface area contributed by atoms with Gasteiger partial charge in [0.15, 0.2) is 0 Å². The van der Waals surface area contributed by atoms with Crippen LogP contribution in [-0.4, -0.2) is 24.9 Å². The first-order valence-corrected chi connectivity index (χ1v) is 7.71. The van der Waals surface area contributed by atoms with Crippen LogP contribution in [0.5, 0.6) is 5.75 Å². The quantitative estimate of drug-likeness (QED) is 0.309. The van der Waals surface area contributed by atoms with E-state index in [1.54, 1.807) is 31.2 Å². The minimum Gasteiger partial charge on any atom is -0.480 e. The Balaban J connectivity index is 2.63. The van der Waals surface area contributed by atoms with Crippen LogP contribution in [0, 0.1) is 0 Å². The van der Waals surface area contributed by atoms with E-state index in [2.05, 4.69) is 0 Å². The van der Waals surface area contributed by atoms with Crippen molar-refractivity contribution in [2.24, 2.45) is 0 Å². The maximum absolute atomic E-state index is 11.4. The zero-order valence-electron chi connectivity index (χ0n) is 9.60. The predicted molar refractivity (Wildman–Crippen MR) is 84.7 cm³/mol. The second-order valence-corrected chi connectivity index (χ2v) is 7.06. The number of alkyl halides is 2. The topological polar surface area (TPSA) is 63.6 Å². The lowest BCUT2D eigenvalue weighted by Crippen LogP contribution is -2.17. The lowest BCUT2D eigenvalue weighted by Gasteiger charge is -2.08. The highest BCUT2D eigenvalue weighted by molar-refractivity contribution is 14.1. The van der Waals surface area contributed by atoms with Gasteiger partial charge < -0.3 is 9.84 Å². The summed E-state index contributed by atoms with van der Waals surface area (Å²) in [5.41, 5.74) is 0.902. The maximum atomic E-state index is 11.4. The van der Waals surface area contributed by atoms with Crippen LogP contribution in [0.25, 0.3) is 0 Å². The Labute approximate surface area is 132 Å². The van der Waals surface area contributed by atoms with Gasteiger partial charge >= 0.3 is 11.9 Å². The molecule has 0 bridgehead atoms. The van der Waals surface area contributed by atoms with Crippen molar-refractivity contribution in [3.63, 3.8) is 0 Å². The fraction of sp³-hybridized carbons (Fsp3) is 0.333. The normalized spacial score (nSPS) is 13.7. The highest BCUT2D eigenvalue weighted by atomic mass is 127. The fourth-order valence-corrected chi connectivity index (χ4v) is 1.82. The van der Waals surface area contributed by atoms with Crippen LogP contribution in [0.3, 0.4) is 0 Å². The Morgan fingerprint density at radius 3 is 2.28 bits per heavy atom. The van der Waals surface area contributed by atoms with Crippen LogP contribution >= 0.6 is 45.2 Å². The number of aliphatic carboxylic acids is 1. The third-order valence-corrected chi connectivity index (χ3v) is 3.63. The molecule has 0 saturated carbocycles. The molecule has 0 aliphatic carbocycles. The van der Waals surface area contributed by atoms with Crippen molar-refractivity contribution in [3.8, 4) is 5.75 Å². The molecule has 0 aromatic heterocycles. The lowest BCUT2D eigenvalue weighted by atomic mass is 10.1. The molecule has 1 rings (SSSR count). The summed E-state index contributed by atoms with van der Waals surface area (Å²) >= 11 is 3.87. The van der Waals surface area contributed by atoms with Gasteiger partial charge in [0.1, 0.15) is 13.6 Å². The fourth-order valence-electron chi connectivity index (χ4n) is 1.19. The molecule has 1 N–H and O–H groups in total. The number of rotatable bonds is 5. The van der Waals surface area contributed by atoms with Gasteiger partial charge in [-0.15, -0.1) is 0 Å². The molecule has 6 heteroatoms. The van der Waals surface area contributed by atoms with E-state index in [0.717, 1.165) is 5.56 Å². The van der Waals surface area contributed by atoms with Gasteiger partial charge in [-0.1, -0.05) is 57.3 Å². The molecule has 4 nitrogen and oxygen atoms in total. The summed E-state index contributed by atoms with van der Waals surface area (Å²) in [4.78, 5) is 22.1. The zero-order chi connectivity index (χ0) is 13.7. The van der Waals surface area contributed by atoms with Crippen LogP contribution in [-0.2, 0) is 16.0 Å². The number of benzene rings is 1. The molecule has 18 heavy (non-hydrogen) atoms. The molecule has 0 aliphatic rings. The minimum absolute atomic E-state index is 0.201. The van der Waals surface area contributed by atoms with Gasteiger partial charge in [-0.25, -0.2) is 0 Å². The highest BCUT2D eigenvalue weighted by Crippen LogP contribution is 2.17. The van der Waals surface area contributed by atoms with E-state index in [9.17, 15) is 9.59 Å². The summed E-state index contributed by atoms with van der Waals surface area (Å²) in [7, 11) is 0. The molecule has 0 spiro atoms. The van der Waals surface area contributed by atoms with Crippen LogP contribution in [0.15, 0.2) is 24.3 Å². The Kier molecular flexibility index (Phi) is 6.33. The van der Waals surface area contributed by atoms with E-state index in [4.69, 9.17) is 9.84 Å². The average molecular weight is 474 g/mol. The smallest absolute Gasteiger partial charge is 0.323 e. The van der Waals surface area contributed by atoms with Gasteiger partial charge in [0.25, 0.3) is 0 Å². The summed E-state index contributed by atoms with van der Waals surface area (Å²) in [5, 5.41) is 8.80. The van der Waals surface area contributed by atoms with Crippen molar-refractivity contribution in [3.05, 3.63) is 29.8 Å². The van der Waals surface area contributed by atoms with Gasteiger partial charge in [-0.2, -0.15) is 0 Å². The SMILES string of the molecule is CC(I)C(=O)Oc1ccc(CC(I)C(=O)O)cc1. The van der Waals surface area contributed by atoms with Crippen LogP contribution in [0.1, 0.15) is 12.5 Å². The molecule has 0 heterocycles. The Morgan fingerprint density at radius 2 is 1.83 bits per heavy atom. The van der Waals surface area contributed by atoms with Crippen molar-refractivity contribution in [1.82, 2.24) is 0 Å². The van der Waals surface area contributed by atoms with Crippen molar-refractivity contribution >= 4 is 57.1 Å². The molecule has 0 saturated heterocycles. The van der Waals surface area contributed by atoms with Crippen LogP contribution < -0.4 is 4.74 Å². The molecule has 1 aromatic rings. The number of hydrogen-bond donors (Lipinski definition) is 1. The standard InChI is InChI=1S/C12H12I2O4/c1-7(13)12(17)18-9-4-2-8(3-5-9)6-10(14)11(15)16/h2-5,7,10H,6H2,1H3,(H,15,16). The molecule has 2 atom stereocenters. The van der Waals surface area contributed by atoms with Crippen molar-refractivity contribution in [2.45, 2.75) is 21.2 Å². The van der Waals surface area contributed by atoms with E-state index in [1.165, 1.54) is 0 Å². The van der Waals surface area contributed by atoms with Crippen molar-refractivity contribution in [1.29, 1.82) is 0 Å². The van der Waals surface area contributed by atoms with E-state index in [-0.39, 0.29) is 9.89 Å². The van der Waals surface area contributed by atoms with Gasteiger partial charge in [-0.3, -0.25) is 9.59 Å². The van der Waals surface area contributed by atoms with E-state index in [0.29, 0.717) is 12.2 Å². The van der Waals surface area contributed by atoms with Crippen LogP contribution in [0.4, 0.5) is 0 Å². The minimum atomic E-state index is -0.829. The maximum Gasteiger partial charge on any atom is 0.323 e. The number of halogens is 2. The monoisotopic (exact) mass is 474 g/mol. The lowest BCUT2D eigenvalue weighted by molar-refractivity contribution is -0.136. The van der Waals surface area contributed by atoms with E-state index in [1.807, 2.05) is 45.2 Å². The molecular formula is C12H12I2O4. The van der Waals surface area contributed by atoms with Crippen molar-refractivity contribution in [2.75, 3.05) is 0 Å². The third-order valence-electron chi connectivity index (χ3n) is 2.15. The Morgan fingerprint density at radius 1 is 1.28 bits per heavy atom. The summed E-state index contributed by atoms with van der Waals surface area (Å²) < 4.78 is 4.46. The van der Waals surface area contributed by atoms with Crippen molar-refractivity contribution < 1.29 is 19.4 Å². The predicted octanol–water partition coefficient (Wildman–Crippen LogP) is 2.85. The number of carbonyl (C=O) groups excluding carboxylic acids is 1. The highest BCUT2D eigenvalue weighted by Gasteiger charge is 2.14.